The maximum Gasteiger partial charge on any atom is 0.149 e. The van der Waals surface area contributed by atoms with Crippen LogP contribution in [-0.4, -0.2) is 23.1 Å². The van der Waals surface area contributed by atoms with E-state index in [1.54, 1.807) is 0 Å². The Labute approximate surface area is 120 Å². The van der Waals surface area contributed by atoms with Crippen molar-refractivity contribution in [1.29, 1.82) is 0 Å². The Hall–Kier alpha value is -1.94. The molecule has 1 unspecified atom stereocenters. The van der Waals surface area contributed by atoms with Crippen molar-refractivity contribution in [2.45, 2.75) is 32.9 Å². The highest BCUT2D eigenvalue weighted by molar-refractivity contribution is 5.39. The number of aromatic nitrogens is 2. The van der Waals surface area contributed by atoms with Gasteiger partial charge in [0.2, 0.25) is 0 Å². The molecule has 2 rings (SSSR count). The molecule has 0 radical (unpaired) electrons. The third-order valence-electron chi connectivity index (χ3n) is 2.94. The fraction of sp³-hybridized carbons (Fsp3) is 0.375. The molecule has 106 valence electrons. The zero-order chi connectivity index (χ0) is 14.5. The van der Waals surface area contributed by atoms with E-state index in [1.165, 1.54) is 0 Å². The maximum atomic E-state index is 5.88. The number of rotatable bonds is 5. The molecule has 2 aromatic rings. The van der Waals surface area contributed by atoms with E-state index in [9.17, 15) is 0 Å². The number of hydrogen-bond acceptors (Lipinski definition) is 4. The Balaban J connectivity index is 2.38. The fourth-order valence-electron chi connectivity index (χ4n) is 2.06. The summed E-state index contributed by atoms with van der Waals surface area (Å²) in [5, 5.41) is 3.26. The predicted octanol–water partition coefficient (Wildman–Crippen LogP) is 2.88. The molecule has 0 fully saturated rings. The molecule has 1 aromatic heterocycles. The molecule has 4 heteroatoms. The van der Waals surface area contributed by atoms with E-state index in [-0.39, 0.29) is 12.1 Å². The molecule has 0 aliphatic heterocycles. The Morgan fingerprint density at radius 1 is 1.10 bits per heavy atom. The lowest BCUT2D eigenvalue weighted by Gasteiger charge is -2.20. The van der Waals surface area contributed by atoms with Crippen LogP contribution in [0.4, 0.5) is 0 Å². The summed E-state index contributed by atoms with van der Waals surface area (Å²) in [7, 11) is 1.90. The first kappa shape index (κ1) is 14.5. The molecule has 0 bridgehead atoms. The Bertz CT molecular complexity index is 552. The highest BCUT2D eigenvalue weighted by atomic mass is 16.5. The number of para-hydroxylation sites is 1. The predicted molar refractivity (Wildman–Crippen MR) is 79.9 cm³/mol. The monoisotopic (exact) mass is 271 g/mol. The van der Waals surface area contributed by atoms with E-state index in [2.05, 4.69) is 15.3 Å². The molecular formula is C16H21N3O. The van der Waals surface area contributed by atoms with Gasteiger partial charge < -0.3 is 10.1 Å². The van der Waals surface area contributed by atoms with Crippen LogP contribution in [0.2, 0.25) is 0 Å². The molecule has 1 heterocycles. The van der Waals surface area contributed by atoms with Gasteiger partial charge in [-0.1, -0.05) is 18.2 Å². The van der Waals surface area contributed by atoms with Crippen molar-refractivity contribution in [3.05, 3.63) is 53.6 Å². The number of benzene rings is 1. The minimum atomic E-state index is -0.0782. The zero-order valence-electron chi connectivity index (χ0n) is 12.4. The average Bonchev–Trinajstić information content (AvgIpc) is 2.43. The smallest absolute Gasteiger partial charge is 0.149 e. The van der Waals surface area contributed by atoms with Gasteiger partial charge in [0.15, 0.2) is 0 Å². The molecule has 1 atom stereocenters. The molecular weight excluding hydrogens is 250 g/mol. The summed E-state index contributed by atoms with van der Waals surface area (Å²) in [6, 6.07) is 7.92. The zero-order valence-corrected chi connectivity index (χ0v) is 12.4. The van der Waals surface area contributed by atoms with Crippen molar-refractivity contribution in [2.24, 2.45) is 0 Å². The van der Waals surface area contributed by atoms with Gasteiger partial charge in [0.05, 0.1) is 12.1 Å². The second kappa shape index (κ2) is 6.48. The Kier molecular flexibility index (Phi) is 4.69. The summed E-state index contributed by atoms with van der Waals surface area (Å²) in [6.45, 7) is 6.02. The first-order chi connectivity index (χ1) is 9.61. The third-order valence-corrected chi connectivity index (χ3v) is 2.94. The van der Waals surface area contributed by atoms with Gasteiger partial charge in [0, 0.05) is 18.0 Å². The summed E-state index contributed by atoms with van der Waals surface area (Å²) in [5.41, 5.74) is 2.10. The van der Waals surface area contributed by atoms with Gasteiger partial charge in [0.1, 0.15) is 11.6 Å². The second-order valence-corrected chi connectivity index (χ2v) is 5.04. The van der Waals surface area contributed by atoms with Crippen LogP contribution in [0.3, 0.4) is 0 Å². The van der Waals surface area contributed by atoms with Crippen LogP contribution in [0, 0.1) is 6.92 Å². The van der Waals surface area contributed by atoms with Gasteiger partial charge in [0.25, 0.3) is 0 Å². The summed E-state index contributed by atoms with van der Waals surface area (Å²) < 4.78 is 5.88. The molecule has 0 amide bonds. The van der Waals surface area contributed by atoms with Crippen LogP contribution < -0.4 is 10.1 Å². The second-order valence-electron chi connectivity index (χ2n) is 5.04. The van der Waals surface area contributed by atoms with Crippen LogP contribution >= 0.6 is 0 Å². The van der Waals surface area contributed by atoms with Crippen LogP contribution in [0.25, 0.3) is 0 Å². The minimum absolute atomic E-state index is 0.0782. The molecule has 0 aliphatic rings. The van der Waals surface area contributed by atoms with Crippen LogP contribution in [0.5, 0.6) is 5.75 Å². The summed E-state index contributed by atoms with van der Waals surface area (Å²) in [5.74, 6) is 1.61. The third kappa shape index (κ3) is 3.33. The van der Waals surface area contributed by atoms with Gasteiger partial charge in [-0.2, -0.15) is 0 Å². The van der Waals surface area contributed by atoms with E-state index in [0.717, 1.165) is 22.7 Å². The standard InChI is InChI=1S/C16H21N3O/c1-11(2)20-14-8-6-5-7-13(14)15(17-4)16-18-9-12(3)10-19-16/h5-11,15,17H,1-4H3. The van der Waals surface area contributed by atoms with Crippen LogP contribution in [0.1, 0.15) is 36.8 Å². The number of hydrogen-bond donors (Lipinski definition) is 1. The average molecular weight is 271 g/mol. The van der Waals surface area contributed by atoms with Crippen molar-refractivity contribution in [2.75, 3.05) is 7.05 Å². The first-order valence-corrected chi connectivity index (χ1v) is 6.83. The van der Waals surface area contributed by atoms with Crippen LogP contribution in [0.15, 0.2) is 36.7 Å². The van der Waals surface area contributed by atoms with Gasteiger partial charge in [-0.05, 0) is 39.4 Å². The summed E-state index contributed by atoms with van der Waals surface area (Å²) >= 11 is 0. The SMILES string of the molecule is CNC(c1ncc(C)cn1)c1ccccc1OC(C)C. The van der Waals surface area contributed by atoms with E-state index in [1.807, 2.05) is 64.5 Å². The molecule has 0 aliphatic carbocycles. The topological polar surface area (TPSA) is 47.0 Å². The highest BCUT2D eigenvalue weighted by Gasteiger charge is 2.19. The van der Waals surface area contributed by atoms with E-state index < -0.39 is 0 Å². The van der Waals surface area contributed by atoms with Gasteiger partial charge >= 0.3 is 0 Å². The van der Waals surface area contributed by atoms with Crippen LogP contribution in [-0.2, 0) is 0 Å². The van der Waals surface area contributed by atoms with Crippen molar-refractivity contribution >= 4 is 0 Å². The first-order valence-electron chi connectivity index (χ1n) is 6.83. The van der Waals surface area contributed by atoms with Gasteiger partial charge in [-0.3, -0.25) is 0 Å². The molecule has 1 N–H and O–H groups in total. The number of nitrogens with one attached hydrogen (secondary N) is 1. The fourth-order valence-corrected chi connectivity index (χ4v) is 2.06. The van der Waals surface area contributed by atoms with Crippen molar-refractivity contribution in [1.82, 2.24) is 15.3 Å². The molecule has 20 heavy (non-hydrogen) atoms. The molecule has 4 nitrogen and oxygen atoms in total. The lowest BCUT2D eigenvalue weighted by molar-refractivity contribution is 0.238. The van der Waals surface area contributed by atoms with Crippen molar-refractivity contribution in [3.63, 3.8) is 0 Å². The Morgan fingerprint density at radius 3 is 2.35 bits per heavy atom. The number of ether oxygens (including phenoxy) is 1. The quantitative estimate of drug-likeness (QED) is 0.908. The van der Waals surface area contributed by atoms with Crippen molar-refractivity contribution in [3.8, 4) is 5.75 Å². The van der Waals surface area contributed by atoms with Gasteiger partial charge in [-0.15, -0.1) is 0 Å². The number of nitrogens with zero attached hydrogens (tertiary/aromatic N) is 2. The lowest BCUT2D eigenvalue weighted by Crippen LogP contribution is -2.21. The summed E-state index contributed by atoms with van der Waals surface area (Å²) in [4.78, 5) is 8.83. The normalized spacial score (nSPS) is 12.4. The molecule has 1 aromatic carbocycles. The lowest BCUT2D eigenvalue weighted by atomic mass is 10.0. The van der Waals surface area contributed by atoms with Gasteiger partial charge in [-0.25, -0.2) is 9.97 Å². The van der Waals surface area contributed by atoms with E-state index in [4.69, 9.17) is 4.74 Å². The largest absolute Gasteiger partial charge is 0.491 e. The molecule has 0 saturated carbocycles. The molecule has 0 spiro atoms. The number of aryl methyl sites for hydroxylation is 1. The highest BCUT2D eigenvalue weighted by Crippen LogP contribution is 2.28. The summed E-state index contributed by atoms with van der Waals surface area (Å²) in [6.07, 6.45) is 3.80. The van der Waals surface area contributed by atoms with E-state index in [0.29, 0.717) is 0 Å². The minimum Gasteiger partial charge on any atom is -0.491 e. The maximum absolute atomic E-state index is 5.88. The molecule has 0 saturated heterocycles. The van der Waals surface area contributed by atoms with Crippen molar-refractivity contribution < 1.29 is 4.74 Å². The Morgan fingerprint density at radius 2 is 1.75 bits per heavy atom. The van der Waals surface area contributed by atoms with E-state index >= 15 is 0 Å².